The first-order valence-corrected chi connectivity index (χ1v) is 14.0. The number of benzene rings is 5. The zero-order chi connectivity index (χ0) is 26.5. The Kier molecular flexibility index (Phi) is 4.44. The first-order valence-electron chi connectivity index (χ1n) is 14.0. The first kappa shape index (κ1) is 22.7. The van der Waals surface area contributed by atoms with E-state index in [9.17, 15) is 0 Å². The summed E-state index contributed by atoms with van der Waals surface area (Å²) in [6, 6.07) is 40.7. The lowest BCUT2D eigenvalue weighted by Gasteiger charge is -2.49. The predicted molar refractivity (Wildman–Crippen MR) is 163 cm³/mol. The zero-order valence-electron chi connectivity index (χ0n) is 23.0. The molecule has 0 aromatic heterocycles. The Morgan fingerprint density at radius 2 is 0.974 bits per heavy atom. The van der Waals surface area contributed by atoms with Crippen molar-refractivity contribution in [2.75, 3.05) is 9.80 Å². The topological polar surface area (TPSA) is 6.48 Å². The number of rotatable bonds is 1. The molecule has 0 atom stereocenters. The summed E-state index contributed by atoms with van der Waals surface area (Å²) < 4.78 is 0. The summed E-state index contributed by atoms with van der Waals surface area (Å²) in [6.07, 6.45) is 0.968. The van der Waals surface area contributed by atoms with Crippen LogP contribution in [0.2, 0.25) is 0 Å². The van der Waals surface area contributed by atoms with Crippen LogP contribution in [-0.2, 0) is 17.3 Å². The monoisotopic (exact) mass is 504 g/mol. The number of para-hydroxylation sites is 4. The Bertz CT molecular complexity index is 1760. The van der Waals surface area contributed by atoms with E-state index >= 15 is 0 Å². The van der Waals surface area contributed by atoms with Crippen molar-refractivity contribution in [3.63, 3.8) is 0 Å². The third-order valence-corrected chi connectivity index (χ3v) is 9.42. The van der Waals surface area contributed by atoms with Gasteiger partial charge in [-0.2, -0.15) is 0 Å². The van der Waals surface area contributed by atoms with Crippen molar-refractivity contribution in [1.82, 2.24) is 0 Å². The molecule has 2 nitrogen and oxygen atoms in total. The minimum Gasteiger partial charge on any atom is -0.310 e. The third kappa shape index (κ3) is 2.92. The molecule has 3 aliphatic rings. The molecule has 0 saturated heterocycles. The van der Waals surface area contributed by atoms with E-state index < -0.39 is 0 Å². The van der Waals surface area contributed by atoms with Crippen LogP contribution in [-0.4, -0.2) is 0 Å². The molecule has 3 aliphatic heterocycles. The van der Waals surface area contributed by atoms with Crippen molar-refractivity contribution in [1.29, 1.82) is 0 Å². The van der Waals surface area contributed by atoms with Crippen molar-refractivity contribution in [3.8, 4) is 0 Å². The molecule has 0 bridgehead atoms. The van der Waals surface area contributed by atoms with E-state index in [2.05, 4.69) is 147 Å². The fraction of sp³-hybridized carbons (Fsp3) is 0.189. The molecule has 5 aromatic carbocycles. The molecule has 5 aromatic rings. The van der Waals surface area contributed by atoms with Gasteiger partial charge in [-0.15, -0.1) is 0 Å². The molecule has 0 radical (unpaired) electrons. The quantitative estimate of drug-likeness (QED) is 0.220. The molecule has 0 N–H and O–H groups in total. The van der Waals surface area contributed by atoms with Crippen molar-refractivity contribution in [2.45, 2.75) is 44.9 Å². The van der Waals surface area contributed by atoms with Gasteiger partial charge < -0.3 is 9.80 Å². The molecule has 0 unspecified atom stereocenters. The Balaban J connectivity index is 1.39. The van der Waals surface area contributed by atoms with E-state index in [1.54, 1.807) is 0 Å². The van der Waals surface area contributed by atoms with Gasteiger partial charge in [-0.05, 0) is 69.8 Å². The maximum Gasteiger partial charge on any atom is 0.0543 e. The highest BCUT2D eigenvalue weighted by Gasteiger charge is 2.45. The van der Waals surface area contributed by atoms with E-state index in [1.807, 2.05) is 0 Å². The molecule has 39 heavy (non-hydrogen) atoms. The van der Waals surface area contributed by atoms with Crippen LogP contribution >= 0.6 is 0 Å². The summed E-state index contributed by atoms with van der Waals surface area (Å²) in [5.74, 6) is 0. The minimum absolute atomic E-state index is 0.0623. The van der Waals surface area contributed by atoms with Gasteiger partial charge in [0, 0.05) is 34.3 Å². The molecule has 3 heterocycles. The summed E-state index contributed by atoms with van der Waals surface area (Å²) in [5, 5.41) is 0. The van der Waals surface area contributed by atoms with Crippen molar-refractivity contribution in [2.24, 2.45) is 0 Å². The smallest absolute Gasteiger partial charge is 0.0543 e. The molecule has 2 heteroatoms. The maximum absolute atomic E-state index is 2.54. The Morgan fingerprint density at radius 3 is 1.64 bits per heavy atom. The third-order valence-electron chi connectivity index (χ3n) is 9.42. The van der Waals surface area contributed by atoms with E-state index in [4.69, 9.17) is 0 Å². The van der Waals surface area contributed by atoms with Gasteiger partial charge >= 0.3 is 0 Å². The van der Waals surface area contributed by atoms with Gasteiger partial charge in [0.05, 0.1) is 17.1 Å². The number of hydrogen-bond acceptors (Lipinski definition) is 2. The van der Waals surface area contributed by atoms with Gasteiger partial charge in [0.2, 0.25) is 0 Å². The van der Waals surface area contributed by atoms with Crippen molar-refractivity contribution < 1.29 is 0 Å². The Morgan fingerprint density at radius 1 is 0.462 bits per heavy atom. The predicted octanol–water partition coefficient (Wildman–Crippen LogP) is 9.81. The lowest BCUT2D eigenvalue weighted by molar-refractivity contribution is 0.597. The van der Waals surface area contributed by atoms with E-state index in [0.29, 0.717) is 0 Å². The second-order valence-electron chi connectivity index (χ2n) is 12.3. The van der Waals surface area contributed by atoms with Gasteiger partial charge in [-0.3, -0.25) is 0 Å². The summed E-state index contributed by atoms with van der Waals surface area (Å²) in [7, 11) is 0. The van der Waals surface area contributed by atoms with Gasteiger partial charge in [-0.25, -0.2) is 0 Å². The van der Waals surface area contributed by atoms with Crippen molar-refractivity contribution in [3.05, 3.63) is 143 Å². The average Bonchev–Trinajstić information content (AvgIpc) is 2.95. The Labute approximate surface area is 231 Å². The van der Waals surface area contributed by atoms with Crippen LogP contribution in [0.5, 0.6) is 0 Å². The number of fused-ring (bicyclic) bond motifs is 6. The molecule has 8 rings (SSSR count). The minimum atomic E-state index is -0.148. The average molecular weight is 505 g/mol. The van der Waals surface area contributed by atoms with Crippen LogP contribution in [0.3, 0.4) is 0 Å². The van der Waals surface area contributed by atoms with Gasteiger partial charge in [0.25, 0.3) is 0 Å². The standard InChI is InChI=1S/C37H32N2/c1-36(2)27-14-7-10-19-33(27)39-34-21-20-26(23-30(34)37(3,4)29-16-11-15-28(36)35(29)39)38-31-17-8-5-12-24(31)22-25-13-6-9-18-32(25)38/h5-21,23H,22H2,1-4H3. The fourth-order valence-corrected chi connectivity index (χ4v) is 7.38. The molecular formula is C37H32N2. The molecule has 0 amide bonds. The summed E-state index contributed by atoms with van der Waals surface area (Å²) >= 11 is 0. The van der Waals surface area contributed by atoms with Crippen molar-refractivity contribution >= 4 is 34.1 Å². The van der Waals surface area contributed by atoms with Crippen LogP contribution in [0.4, 0.5) is 34.1 Å². The first-order chi connectivity index (χ1) is 18.9. The lowest BCUT2D eigenvalue weighted by Crippen LogP contribution is -2.38. The number of hydrogen-bond donors (Lipinski definition) is 0. The van der Waals surface area contributed by atoms with Gasteiger partial charge in [0.15, 0.2) is 0 Å². The molecule has 0 spiro atoms. The number of anilines is 6. The summed E-state index contributed by atoms with van der Waals surface area (Å²) in [5.41, 5.74) is 15.8. The van der Waals surface area contributed by atoms with Crippen LogP contribution in [0.1, 0.15) is 61.1 Å². The SMILES string of the molecule is CC1(C)c2ccccc2N2c3ccc(N4c5ccccc5Cc5ccccc54)cc3C(C)(C)c3cccc1c32. The highest BCUT2D eigenvalue weighted by molar-refractivity contribution is 5.94. The Hall–Kier alpha value is -4.30. The summed E-state index contributed by atoms with van der Waals surface area (Å²) in [6.45, 7) is 9.54. The maximum atomic E-state index is 2.54. The molecule has 0 saturated carbocycles. The second-order valence-corrected chi connectivity index (χ2v) is 12.3. The van der Waals surface area contributed by atoms with Crippen LogP contribution in [0.25, 0.3) is 0 Å². The molecule has 190 valence electrons. The van der Waals surface area contributed by atoms with Crippen LogP contribution < -0.4 is 9.80 Å². The largest absolute Gasteiger partial charge is 0.310 e. The lowest BCUT2D eigenvalue weighted by atomic mass is 9.66. The van der Waals surface area contributed by atoms with Crippen LogP contribution in [0.15, 0.2) is 109 Å². The zero-order valence-corrected chi connectivity index (χ0v) is 23.0. The van der Waals surface area contributed by atoms with Gasteiger partial charge in [0.1, 0.15) is 0 Å². The second kappa shape index (κ2) is 7.64. The van der Waals surface area contributed by atoms with Gasteiger partial charge in [-0.1, -0.05) is 100 Å². The van der Waals surface area contributed by atoms with E-state index in [-0.39, 0.29) is 10.8 Å². The highest BCUT2D eigenvalue weighted by atomic mass is 15.2. The van der Waals surface area contributed by atoms with Crippen LogP contribution in [0, 0.1) is 0 Å². The summed E-state index contributed by atoms with van der Waals surface area (Å²) in [4.78, 5) is 5.00. The molecular weight excluding hydrogens is 472 g/mol. The fourth-order valence-electron chi connectivity index (χ4n) is 7.38. The van der Waals surface area contributed by atoms with E-state index in [1.165, 1.54) is 67.5 Å². The molecule has 0 aliphatic carbocycles. The highest BCUT2D eigenvalue weighted by Crippen LogP contribution is 2.60. The normalized spacial score (nSPS) is 16.9. The van der Waals surface area contributed by atoms with E-state index in [0.717, 1.165) is 6.42 Å². The number of nitrogens with zero attached hydrogens (tertiary/aromatic N) is 2. The molecule has 0 fully saturated rings.